The quantitative estimate of drug-likeness (QED) is 0.533. The lowest BCUT2D eigenvalue weighted by Gasteiger charge is -2.16. The van der Waals surface area contributed by atoms with Crippen LogP contribution in [0.5, 0.6) is 11.5 Å². The standard InChI is InChI=1S/C24H19F2NO6/c1-3-32-16-7-5-6-13-11-17(33-4-2)20-21(19(13)16)24(31)27(23(20)30)22-14(25)8-12(9-15(22)26)10-18(28)29/h5-9,11H,3-4,10H2,1-2H3,(H,28,29). The SMILES string of the molecule is CCOc1cc2cccc(OCC)c2c2c1C(=O)N(c1c(F)cc(CC(=O)O)cc1F)C2=O. The molecule has 170 valence electrons. The third-order valence-electron chi connectivity index (χ3n) is 5.18. The number of halogens is 2. The van der Waals surface area contributed by atoms with Crippen molar-refractivity contribution in [1.29, 1.82) is 0 Å². The van der Waals surface area contributed by atoms with E-state index in [9.17, 15) is 23.2 Å². The van der Waals surface area contributed by atoms with Crippen molar-refractivity contribution in [2.24, 2.45) is 0 Å². The molecule has 0 radical (unpaired) electrons. The van der Waals surface area contributed by atoms with E-state index in [1.54, 1.807) is 38.1 Å². The Morgan fingerprint density at radius 3 is 2.15 bits per heavy atom. The third-order valence-corrected chi connectivity index (χ3v) is 5.18. The molecule has 3 aromatic carbocycles. The lowest BCUT2D eigenvalue weighted by Crippen LogP contribution is -2.31. The van der Waals surface area contributed by atoms with Gasteiger partial charge in [-0.3, -0.25) is 14.4 Å². The number of nitrogens with zero attached hydrogens (tertiary/aromatic N) is 1. The number of hydrogen-bond acceptors (Lipinski definition) is 5. The molecule has 7 nitrogen and oxygen atoms in total. The van der Waals surface area contributed by atoms with E-state index in [0.29, 0.717) is 28.0 Å². The molecule has 9 heteroatoms. The monoisotopic (exact) mass is 455 g/mol. The first-order valence-corrected chi connectivity index (χ1v) is 10.2. The van der Waals surface area contributed by atoms with Crippen molar-refractivity contribution in [2.45, 2.75) is 20.3 Å². The molecule has 0 saturated carbocycles. The van der Waals surface area contributed by atoms with E-state index >= 15 is 0 Å². The minimum absolute atomic E-state index is 0.0709. The Balaban J connectivity index is 1.96. The van der Waals surface area contributed by atoms with Crippen molar-refractivity contribution in [3.8, 4) is 11.5 Å². The number of hydrogen-bond donors (Lipinski definition) is 1. The predicted molar refractivity (Wildman–Crippen MR) is 115 cm³/mol. The highest BCUT2D eigenvalue weighted by atomic mass is 19.1. The van der Waals surface area contributed by atoms with Crippen LogP contribution >= 0.6 is 0 Å². The number of amides is 2. The second-order valence-corrected chi connectivity index (χ2v) is 7.27. The van der Waals surface area contributed by atoms with Gasteiger partial charge in [-0.15, -0.1) is 0 Å². The zero-order valence-corrected chi connectivity index (χ0v) is 17.8. The Labute approximate surface area is 187 Å². The summed E-state index contributed by atoms with van der Waals surface area (Å²) < 4.78 is 41.1. The van der Waals surface area contributed by atoms with Crippen LogP contribution in [0.15, 0.2) is 36.4 Å². The zero-order chi connectivity index (χ0) is 23.9. The van der Waals surface area contributed by atoms with Crippen LogP contribution in [-0.4, -0.2) is 36.1 Å². The highest BCUT2D eigenvalue weighted by Gasteiger charge is 2.44. The molecule has 1 aliphatic rings. The van der Waals surface area contributed by atoms with Crippen LogP contribution in [0.4, 0.5) is 14.5 Å². The number of anilines is 1. The van der Waals surface area contributed by atoms with Gasteiger partial charge in [0.15, 0.2) is 11.6 Å². The molecule has 0 fully saturated rings. The van der Waals surface area contributed by atoms with Gasteiger partial charge in [0.1, 0.15) is 17.2 Å². The van der Waals surface area contributed by atoms with E-state index in [4.69, 9.17) is 14.6 Å². The summed E-state index contributed by atoms with van der Waals surface area (Å²) in [4.78, 5) is 38.1. The highest BCUT2D eigenvalue weighted by molar-refractivity contribution is 6.39. The van der Waals surface area contributed by atoms with E-state index in [0.717, 1.165) is 12.1 Å². The second kappa shape index (κ2) is 8.50. The molecular formula is C24H19F2NO6. The lowest BCUT2D eigenvalue weighted by atomic mass is 9.98. The maximum absolute atomic E-state index is 14.9. The molecule has 0 spiro atoms. The molecule has 33 heavy (non-hydrogen) atoms. The normalized spacial score (nSPS) is 12.9. The molecule has 0 atom stereocenters. The molecule has 0 saturated heterocycles. The van der Waals surface area contributed by atoms with Gasteiger partial charge in [0.2, 0.25) is 0 Å². The second-order valence-electron chi connectivity index (χ2n) is 7.27. The van der Waals surface area contributed by atoms with Gasteiger partial charge in [0, 0.05) is 5.39 Å². The molecule has 2 amide bonds. The van der Waals surface area contributed by atoms with Crippen LogP contribution in [0.2, 0.25) is 0 Å². The predicted octanol–water partition coefficient (Wildman–Crippen LogP) is 4.34. The first kappa shape index (κ1) is 22.2. The fraction of sp³-hybridized carbons (Fsp3) is 0.208. The molecule has 1 N–H and O–H groups in total. The van der Waals surface area contributed by atoms with Crippen LogP contribution in [0.25, 0.3) is 10.8 Å². The summed E-state index contributed by atoms with van der Waals surface area (Å²) in [6.07, 6.45) is -0.618. The number of imide groups is 1. The van der Waals surface area contributed by atoms with Gasteiger partial charge in [-0.25, -0.2) is 13.7 Å². The zero-order valence-electron chi connectivity index (χ0n) is 17.8. The Bertz CT molecular complexity index is 1300. The average Bonchev–Trinajstić information content (AvgIpc) is 2.99. The van der Waals surface area contributed by atoms with Crippen LogP contribution in [0.1, 0.15) is 40.1 Å². The first-order valence-electron chi connectivity index (χ1n) is 10.2. The van der Waals surface area contributed by atoms with E-state index < -0.39 is 41.5 Å². The molecular weight excluding hydrogens is 436 g/mol. The summed E-state index contributed by atoms with van der Waals surface area (Å²) in [6.45, 7) is 3.95. The van der Waals surface area contributed by atoms with Gasteiger partial charge >= 0.3 is 5.97 Å². The van der Waals surface area contributed by atoms with Crippen LogP contribution < -0.4 is 14.4 Å². The van der Waals surface area contributed by atoms with Crippen molar-refractivity contribution in [3.63, 3.8) is 0 Å². The van der Waals surface area contributed by atoms with Crippen molar-refractivity contribution >= 4 is 34.2 Å². The van der Waals surface area contributed by atoms with Gasteiger partial charge in [0.25, 0.3) is 11.8 Å². The van der Waals surface area contributed by atoms with Crippen LogP contribution in [-0.2, 0) is 11.2 Å². The number of fused-ring (bicyclic) bond motifs is 3. The number of aliphatic carboxylic acids is 1. The van der Waals surface area contributed by atoms with Crippen molar-refractivity contribution in [1.82, 2.24) is 0 Å². The number of rotatable bonds is 7. The lowest BCUT2D eigenvalue weighted by molar-refractivity contribution is -0.136. The fourth-order valence-electron chi connectivity index (χ4n) is 4.00. The topological polar surface area (TPSA) is 93.1 Å². The van der Waals surface area contributed by atoms with Gasteiger partial charge in [-0.1, -0.05) is 12.1 Å². The van der Waals surface area contributed by atoms with Crippen molar-refractivity contribution in [2.75, 3.05) is 18.1 Å². The Morgan fingerprint density at radius 1 is 0.939 bits per heavy atom. The van der Waals surface area contributed by atoms with Gasteiger partial charge < -0.3 is 14.6 Å². The number of ether oxygens (including phenoxy) is 2. The molecule has 0 aliphatic carbocycles. The molecule has 4 rings (SSSR count). The summed E-state index contributed by atoms with van der Waals surface area (Å²) in [5.74, 6) is -5.17. The summed E-state index contributed by atoms with van der Waals surface area (Å²) in [7, 11) is 0. The van der Waals surface area contributed by atoms with Crippen LogP contribution in [0, 0.1) is 11.6 Å². The molecule has 0 bridgehead atoms. The molecule has 0 unspecified atom stereocenters. The third kappa shape index (κ3) is 3.65. The summed E-state index contributed by atoms with van der Waals surface area (Å²) in [5, 5.41) is 9.79. The minimum Gasteiger partial charge on any atom is -0.493 e. The smallest absolute Gasteiger partial charge is 0.307 e. The van der Waals surface area contributed by atoms with Gasteiger partial charge in [0.05, 0.1) is 30.8 Å². The Morgan fingerprint density at radius 2 is 1.55 bits per heavy atom. The summed E-state index contributed by atoms with van der Waals surface area (Å²) in [6, 6.07) is 8.23. The molecule has 0 aromatic heterocycles. The number of carbonyl (C=O) groups excluding carboxylic acids is 2. The van der Waals surface area contributed by atoms with Crippen LogP contribution in [0.3, 0.4) is 0 Å². The number of carboxylic acids is 1. The van der Waals surface area contributed by atoms with Crippen molar-refractivity contribution in [3.05, 3.63) is 64.7 Å². The highest BCUT2D eigenvalue weighted by Crippen LogP contribution is 2.43. The van der Waals surface area contributed by atoms with Crippen molar-refractivity contribution < 1.29 is 37.7 Å². The minimum atomic E-state index is -1.28. The largest absolute Gasteiger partial charge is 0.493 e. The maximum Gasteiger partial charge on any atom is 0.307 e. The number of carbonyl (C=O) groups is 3. The first-order chi connectivity index (χ1) is 15.8. The molecule has 1 aliphatic heterocycles. The summed E-state index contributed by atoms with van der Waals surface area (Å²) >= 11 is 0. The van der Waals surface area contributed by atoms with Gasteiger partial charge in [-0.2, -0.15) is 0 Å². The Kier molecular flexibility index (Phi) is 5.71. The van der Waals surface area contributed by atoms with Gasteiger partial charge in [-0.05, 0) is 49.1 Å². The van der Waals surface area contributed by atoms with E-state index in [1.807, 2.05) is 0 Å². The maximum atomic E-state index is 14.9. The summed E-state index contributed by atoms with van der Waals surface area (Å²) in [5.41, 5.74) is -1.20. The van der Waals surface area contributed by atoms with E-state index in [2.05, 4.69) is 0 Å². The fourth-order valence-corrected chi connectivity index (χ4v) is 4.00. The molecule has 1 heterocycles. The van der Waals surface area contributed by atoms with E-state index in [-0.39, 0.29) is 29.0 Å². The number of carboxylic acid groups (broad SMARTS) is 1. The molecule has 3 aromatic rings. The Hall–Kier alpha value is -4.01. The number of benzene rings is 3. The average molecular weight is 455 g/mol. The van der Waals surface area contributed by atoms with E-state index in [1.165, 1.54) is 0 Å².